The van der Waals surface area contributed by atoms with Gasteiger partial charge in [-0.3, -0.25) is 15.6 Å². The molecule has 6 heteroatoms. The van der Waals surface area contributed by atoms with Crippen LogP contribution in [0.15, 0.2) is 35.5 Å². The Hall–Kier alpha value is -1.66. The van der Waals surface area contributed by atoms with E-state index in [1.807, 2.05) is 37.3 Å². The number of carbonyl (C=O) groups excluding carboxylic acids is 1. The average molecular weight is 263 g/mol. The van der Waals surface area contributed by atoms with Crippen LogP contribution in [-0.4, -0.2) is 29.4 Å². The van der Waals surface area contributed by atoms with Crippen molar-refractivity contribution in [2.45, 2.75) is 0 Å². The third-order valence-electron chi connectivity index (χ3n) is 2.32. The number of nitrogens with zero attached hydrogens (tertiary/aromatic N) is 2. The van der Waals surface area contributed by atoms with Crippen LogP contribution in [-0.2, 0) is 0 Å². The van der Waals surface area contributed by atoms with Crippen LogP contribution in [0.2, 0.25) is 0 Å². The van der Waals surface area contributed by atoms with Crippen LogP contribution in [0.4, 0.5) is 0 Å². The fourth-order valence-corrected chi connectivity index (χ4v) is 2.09. The first kappa shape index (κ1) is 12.8. The highest BCUT2D eigenvalue weighted by Gasteiger charge is 2.19. The lowest BCUT2D eigenvalue weighted by Gasteiger charge is -2.17. The van der Waals surface area contributed by atoms with Crippen molar-refractivity contribution in [1.29, 1.82) is 0 Å². The van der Waals surface area contributed by atoms with Gasteiger partial charge in [0.1, 0.15) is 5.03 Å². The molecule has 5 nitrogen and oxygen atoms in total. The lowest BCUT2D eigenvalue weighted by Crippen LogP contribution is -2.41. The molecule has 0 atom stereocenters. The SMILES string of the molecule is [CH2]c1cccc(C(=O)NN2NC=C(N(C)C)S2)c1. The Morgan fingerprint density at radius 2 is 2.28 bits per heavy atom. The molecule has 0 spiro atoms. The molecule has 0 aliphatic carbocycles. The van der Waals surface area contributed by atoms with Gasteiger partial charge in [-0.25, -0.2) is 0 Å². The van der Waals surface area contributed by atoms with Crippen LogP contribution in [0, 0.1) is 6.92 Å². The summed E-state index contributed by atoms with van der Waals surface area (Å²) in [4.78, 5) is 13.9. The quantitative estimate of drug-likeness (QED) is 0.806. The summed E-state index contributed by atoms with van der Waals surface area (Å²) in [6.07, 6.45) is 1.82. The highest BCUT2D eigenvalue weighted by molar-refractivity contribution is 8.00. The van der Waals surface area contributed by atoms with Crippen LogP contribution in [0.1, 0.15) is 15.9 Å². The van der Waals surface area contributed by atoms with Gasteiger partial charge in [-0.05, 0) is 24.6 Å². The maximum atomic E-state index is 12.0. The molecule has 2 rings (SSSR count). The normalized spacial score (nSPS) is 14.9. The second-order valence-corrected chi connectivity index (χ2v) is 5.00. The van der Waals surface area contributed by atoms with Gasteiger partial charge in [0.15, 0.2) is 0 Å². The standard InChI is InChI=1S/C12H15N4OS/c1-9-5-4-6-10(7-9)12(17)14-16-13-8-11(18-16)15(2)3/h4-8,13H,1H2,2-3H3,(H,14,17). The predicted octanol–water partition coefficient (Wildman–Crippen LogP) is 1.34. The van der Waals surface area contributed by atoms with Gasteiger partial charge in [-0.1, -0.05) is 16.7 Å². The van der Waals surface area contributed by atoms with Gasteiger partial charge in [0.25, 0.3) is 5.91 Å². The minimum Gasteiger partial charge on any atom is -0.370 e. The van der Waals surface area contributed by atoms with Gasteiger partial charge in [-0.2, -0.15) is 0 Å². The van der Waals surface area contributed by atoms with Gasteiger partial charge in [0.2, 0.25) is 0 Å². The van der Waals surface area contributed by atoms with E-state index in [1.54, 1.807) is 16.7 Å². The number of carbonyl (C=O) groups is 1. The topological polar surface area (TPSA) is 47.6 Å². The number of rotatable bonds is 3. The maximum Gasteiger partial charge on any atom is 0.267 e. The van der Waals surface area contributed by atoms with Crippen LogP contribution in [0.3, 0.4) is 0 Å². The second-order valence-electron chi connectivity index (χ2n) is 4.03. The van der Waals surface area contributed by atoms with Crippen molar-refractivity contribution < 1.29 is 4.79 Å². The average Bonchev–Trinajstić information content (AvgIpc) is 2.77. The molecule has 0 saturated heterocycles. The lowest BCUT2D eigenvalue weighted by atomic mass is 10.1. The first-order valence-electron chi connectivity index (χ1n) is 5.41. The Balaban J connectivity index is 1.94. The van der Waals surface area contributed by atoms with E-state index in [-0.39, 0.29) is 5.91 Å². The van der Waals surface area contributed by atoms with Crippen LogP contribution < -0.4 is 10.9 Å². The third-order valence-corrected chi connectivity index (χ3v) is 3.37. The summed E-state index contributed by atoms with van der Waals surface area (Å²) in [7, 11) is 3.89. The Labute approximate surface area is 111 Å². The van der Waals surface area contributed by atoms with E-state index in [9.17, 15) is 4.79 Å². The summed E-state index contributed by atoms with van der Waals surface area (Å²) in [6, 6.07) is 7.16. The zero-order valence-corrected chi connectivity index (χ0v) is 11.1. The molecule has 0 bridgehead atoms. The molecule has 1 aromatic rings. The number of amides is 1. The van der Waals surface area contributed by atoms with Crippen molar-refractivity contribution in [1.82, 2.24) is 20.3 Å². The molecule has 1 amide bonds. The van der Waals surface area contributed by atoms with E-state index in [4.69, 9.17) is 0 Å². The minimum absolute atomic E-state index is 0.172. The van der Waals surface area contributed by atoms with Crippen molar-refractivity contribution >= 4 is 17.9 Å². The van der Waals surface area contributed by atoms with Crippen LogP contribution in [0.25, 0.3) is 0 Å². The molecule has 2 N–H and O–H groups in total. The highest BCUT2D eigenvalue weighted by Crippen LogP contribution is 2.23. The number of hydrogen-bond donors (Lipinski definition) is 2. The third kappa shape index (κ3) is 2.96. The number of hydrazine groups is 2. The van der Waals surface area contributed by atoms with Crippen LogP contribution in [0.5, 0.6) is 0 Å². The first-order chi connectivity index (χ1) is 8.56. The van der Waals surface area contributed by atoms with Crippen molar-refractivity contribution in [3.05, 3.63) is 53.5 Å². The fourth-order valence-electron chi connectivity index (χ4n) is 1.40. The Kier molecular flexibility index (Phi) is 3.78. The number of benzene rings is 1. The number of nitrogens with one attached hydrogen (secondary N) is 2. The summed E-state index contributed by atoms with van der Waals surface area (Å²) in [6.45, 7) is 3.80. The predicted molar refractivity (Wildman–Crippen MR) is 72.7 cm³/mol. The minimum atomic E-state index is -0.172. The Bertz CT molecular complexity index is 487. The zero-order chi connectivity index (χ0) is 13.1. The molecule has 95 valence electrons. The van der Waals surface area contributed by atoms with Crippen molar-refractivity contribution in [3.8, 4) is 0 Å². The summed E-state index contributed by atoms with van der Waals surface area (Å²) in [5, 5.41) is 1.02. The molecule has 0 aromatic heterocycles. The summed E-state index contributed by atoms with van der Waals surface area (Å²) in [5.41, 5.74) is 7.10. The molecule has 0 unspecified atom stereocenters. The molecule has 0 fully saturated rings. The molecule has 18 heavy (non-hydrogen) atoms. The zero-order valence-electron chi connectivity index (χ0n) is 10.3. The van der Waals surface area contributed by atoms with Gasteiger partial charge in [-0.15, -0.1) is 0 Å². The monoisotopic (exact) mass is 263 g/mol. The molecule has 1 aliphatic heterocycles. The van der Waals surface area contributed by atoms with E-state index in [2.05, 4.69) is 17.8 Å². The van der Waals surface area contributed by atoms with Crippen molar-refractivity contribution in [2.75, 3.05) is 14.1 Å². The summed E-state index contributed by atoms with van der Waals surface area (Å²) < 4.78 is 1.56. The fraction of sp³-hybridized carbons (Fsp3) is 0.167. The lowest BCUT2D eigenvalue weighted by molar-refractivity contribution is 0.0871. The van der Waals surface area contributed by atoms with Gasteiger partial charge in [0, 0.05) is 37.8 Å². The molecule has 1 radical (unpaired) electrons. The number of hydrogen-bond acceptors (Lipinski definition) is 5. The van der Waals surface area contributed by atoms with E-state index in [1.165, 1.54) is 11.9 Å². The Morgan fingerprint density at radius 1 is 1.50 bits per heavy atom. The molecule has 1 aromatic carbocycles. The first-order valence-corrected chi connectivity index (χ1v) is 6.18. The highest BCUT2D eigenvalue weighted by atomic mass is 32.2. The largest absolute Gasteiger partial charge is 0.370 e. The van der Waals surface area contributed by atoms with Gasteiger partial charge in [0.05, 0.1) is 0 Å². The molecule has 0 saturated carbocycles. The maximum absolute atomic E-state index is 12.0. The van der Waals surface area contributed by atoms with E-state index in [0.717, 1.165) is 10.6 Å². The second kappa shape index (κ2) is 5.32. The smallest absolute Gasteiger partial charge is 0.267 e. The molecular formula is C12H15N4OS. The summed E-state index contributed by atoms with van der Waals surface area (Å²) in [5.74, 6) is -0.172. The van der Waals surface area contributed by atoms with E-state index in [0.29, 0.717) is 5.56 Å². The van der Waals surface area contributed by atoms with E-state index < -0.39 is 0 Å². The molecular weight excluding hydrogens is 248 g/mol. The van der Waals surface area contributed by atoms with Crippen molar-refractivity contribution in [2.24, 2.45) is 0 Å². The van der Waals surface area contributed by atoms with E-state index >= 15 is 0 Å². The molecule has 1 aliphatic rings. The Morgan fingerprint density at radius 3 is 2.89 bits per heavy atom. The van der Waals surface area contributed by atoms with Crippen LogP contribution >= 0.6 is 11.9 Å². The summed E-state index contributed by atoms with van der Waals surface area (Å²) >= 11 is 1.41. The molecule has 1 heterocycles. The van der Waals surface area contributed by atoms with Gasteiger partial charge >= 0.3 is 0 Å². The van der Waals surface area contributed by atoms with Gasteiger partial charge < -0.3 is 4.90 Å². The van der Waals surface area contributed by atoms with Crippen molar-refractivity contribution in [3.63, 3.8) is 0 Å².